The first-order chi connectivity index (χ1) is 8.99. The number of nitrogens with one attached hydrogen (secondary N) is 1. The van der Waals surface area contributed by atoms with E-state index in [1.54, 1.807) is 5.06 Å². The Balaban J connectivity index is 1.96. The molecule has 5 nitrogen and oxygen atoms in total. The lowest BCUT2D eigenvalue weighted by atomic mass is 10.0. The SMILES string of the molecule is CC(C)(C)ON1CCC(N2CCNCC2)CC1=C=O. The number of piperidine rings is 1. The molecule has 0 spiro atoms. The maximum atomic E-state index is 11.2. The lowest BCUT2D eigenvalue weighted by Gasteiger charge is -2.42. The summed E-state index contributed by atoms with van der Waals surface area (Å²) >= 11 is 0. The van der Waals surface area contributed by atoms with Crippen LogP contribution in [0.2, 0.25) is 0 Å². The Bertz CT molecular complexity index is 352. The van der Waals surface area contributed by atoms with Gasteiger partial charge in [-0.3, -0.25) is 9.74 Å². The van der Waals surface area contributed by atoms with Crippen LogP contribution in [-0.2, 0) is 9.63 Å². The summed E-state index contributed by atoms with van der Waals surface area (Å²) in [5.74, 6) is 2.07. The van der Waals surface area contributed by atoms with E-state index < -0.39 is 0 Å². The molecule has 0 saturated carbocycles. The molecule has 0 aromatic heterocycles. The highest BCUT2D eigenvalue weighted by molar-refractivity contribution is 5.51. The van der Waals surface area contributed by atoms with E-state index in [-0.39, 0.29) is 5.60 Å². The summed E-state index contributed by atoms with van der Waals surface area (Å²) in [7, 11) is 0. The molecule has 0 radical (unpaired) electrons. The van der Waals surface area contributed by atoms with Gasteiger partial charge in [-0.05, 0) is 27.2 Å². The Morgan fingerprint density at radius 2 is 1.95 bits per heavy atom. The molecule has 1 N–H and O–H groups in total. The largest absolute Gasteiger partial charge is 0.314 e. The lowest BCUT2D eigenvalue weighted by molar-refractivity contribution is -0.216. The Hall–Kier alpha value is -0.870. The second kappa shape index (κ2) is 6.06. The number of nitrogens with zero attached hydrogens (tertiary/aromatic N) is 2. The zero-order valence-corrected chi connectivity index (χ0v) is 12.2. The zero-order chi connectivity index (χ0) is 13.9. The minimum absolute atomic E-state index is 0.274. The van der Waals surface area contributed by atoms with Crippen LogP contribution in [0.1, 0.15) is 33.6 Å². The molecule has 0 aromatic rings. The van der Waals surface area contributed by atoms with Crippen LogP contribution < -0.4 is 5.32 Å². The van der Waals surface area contributed by atoms with E-state index >= 15 is 0 Å². The maximum Gasteiger partial charge on any atom is 0.148 e. The molecule has 0 bridgehead atoms. The molecule has 108 valence electrons. The molecule has 1 atom stereocenters. The molecular formula is C14H25N3O2. The summed E-state index contributed by atoms with van der Waals surface area (Å²) in [6.45, 7) is 11.0. The summed E-state index contributed by atoms with van der Waals surface area (Å²) in [6, 6.07) is 0.457. The van der Waals surface area contributed by atoms with Gasteiger partial charge in [0, 0.05) is 45.2 Å². The van der Waals surface area contributed by atoms with Crippen LogP contribution in [0.4, 0.5) is 0 Å². The van der Waals surface area contributed by atoms with Crippen LogP contribution in [0.15, 0.2) is 5.70 Å². The Morgan fingerprint density at radius 3 is 2.53 bits per heavy atom. The van der Waals surface area contributed by atoms with Gasteiger partial charge in [-0.2, -0.15) is 0 Å². The molecule has 0 aliphatic carbocycles. The van der Waals surface area contributed by atoms with Gasteiger partial charge < -0.3 is 5.32 Å². The third kappa shape index (κ3) is 4.05. The van der Waals surface area contributed by atoms with Gasteiger partial charge in [0.1, 0.15) is 11.6 Å². The van der Waals surface area contributed by atoms with Crippen molar-refractivity contribution in [1.29, 1.82) is 0 Å². The second-order valence-electron chi connectivity index (χ2n) is 6.29. The lowest BCUT2D eigenvalue weighted by Crippen LogP contribution is -2.52. The zero-order valence-electron chi connectivity index (χ0n) is 12.2. The van der Waals surface area contributed by atoms with E-state index in [1.165, 1.54) is 0 Å². The molecule has 2 rings (SSSR count). The Morgan fingerprint density at radius 1 is 1.26 bits per heavy atom. The minimum atomic E-state index is -0.274. The fraction of sp³-hybridized carbons (Fsp3) is 0.857. The number of rotatable bonds is 2. The van der Waals surface area contributed by atoms with Crippen LogP contribution in [0, 0.1) is 0 Å². The molecule has 2 aliphatic rings. The van der Waals surface area contributed by atoms with Gasteiger partial charge in [-0.25, -0.2) is 9.86 Å². The standard InChI is InChI=1S/C14H25N3O2/c1-14(2,3)19-17-7-4-12(10-13(17)11-18)16-8-5-15-6-9-16/h12,15H,4-10H2,1-3H3. The van der Waals surface area contributed by atoms with E-state index in [1.807, 2.05) is 20.8 Å². The molecule has 19 heavy (non-hydrogen) atoms. The van der Waals surface area contributed by atoms with Crippen molar-refractivity contribution < 1.29 is 9.63 Å². The van der Waals surface area contributed by atoms with Crippen molar-refractivity contribution in [3.8, 4) is 0 Å². The fourth-order valence-electron chi connectivity index (χ4n) is 2.71. The van der Waals surface area contributed by atoms with Crippen molar-refractivity contribution in [3.05, 3.63) is 5.70 Å². The van der Waals surface area contributed by atoms with E-state index in [0.29, 0.717) is 11.7 Å². The van der Waals surface area contributed by atoms with Crippen LogP contribution in [0.5, 0.6) is 0 Å². The summed E-state index contributed by atoms with van der Waals surface area (Å²) in [5, 5.41) is 5.10. The number of piperazine rings is 1. The van der Waals surface area contributed by atoms with Gasteiger partial charge in [0.15, 0.2) is 0 Å². The molecule has 0 amide bonds. The van der Waals surface area contributed by atoms with Crippen molar-refractivity contribution in [2.45, 2.75) is 45.3 Å². The molecule has 5 heteroatoms. The normalized spacial score (nSPS) is 26.4. The van der Waals surface area contributed by atoms with E-state index in [0.717, 1.165) is 45.6 Å². The number of hydroxylamine groups is 2. The molecular weight excluding hydrogens is 242 g/mol. The predicted octanol–water partition coefficient (Wildman–Crippen LogP) is 0.802. The maximum absolute atomic E-state index is 11.2. The second-order valence-corrected chi connectivity index (χ2v) is 6.29. The van der Waals surface area contributed by atoms with Gasteiger partial charge in [0.2, 0.25) is 0 Å². The monoisotopic (exact) mass is 267 g/mol. The van der Waals surface area contributed by atoms with Crippen molar-refractivity contribution in [1.82, 2.24) is 15.3 Å². The quantitative estimate of drug-likeness (QED) is 0.750. The van der Waals surface area contributed by atoms with Gasteiger partial charge in [-0.15, -0.1) is 0 Å². The number of carbonyl (C=O) groups excluding carboxylic acids is 1. The average molecular weight is 267 g/mol. The van der Waals surface area contributed by atoms with Gasteiger partial charge in [0.05, 0.1) is 5.60 Å². The van der Waals surface area contributed by atoms with Crippen molar-refractivity contribution >= 4 is 5.94 Å². The van der Waals surface area contributed by atoms with Crippen LogP contribution in [0.25, 0.3) is 0 Å². The van der Waals surface area contributed by atoms with Crippen LogP contribution in [0.3, 0.4) is 0 Å². The molecule has 1 unspecified atom stereocenters. The smallest absolute Gasteiger partial charge is 0.148 e. The number of hydrogen-bond donors (Lipinski definition) is 1. The predicted molar refractivity (Wildman–Crippen MR) is 74.2 cm³/mol. The molecule has 2 fully saturated rings. The fourth-order valence-corrected chi connectivity index (χ4v) is 2.71. The first kappa shape index (κ1) is 14.5. The Labute approximate surface area is 115 Å². The highest BCUT2D eigenvalue weighted by Crippen LogP contribution is 2.26. The highest BCUT2D eigenvalue weighted by atomic mass is 16.7. The van der Waals surface area contributed by atoms with E-state index in [4.69, 9.17) is 4.84 Å². The van der Waals surface area contributed by atoms with Crippen LogP contribution in [-0.4, -0.2) is 60.3 Å². The van der Waals surface area contributed by atoms with E-state index in [2.05, 4.69) is 16.2 Å². The highest BCUT2D eigenvalue weighted by Gasteiger charge is 2.31. The number of hydrogen-bond acceptors (Lipinski definition) is 5. The average Bonchev–Trinajstić information content (AvgIpc) is 2.38. The first-order valence-electron chi connectivity index (χ1n) is 7.15. The van der Waals surface area contributed by atoms with Crippen molar-refractivity contribution in [2.75, 3.05) is 32.7 Å². The first-order valence-corrected chi connectivity index (χ1v) is 7.15. The van der Waals surface area contributed by atoms with E-state index in [9.17, 15) is 4.79 Å². The summed E-state index contributed by atoms with van der Waals surface area (Å²) in [6.07, 6.45) is 1.79. The summed E-state index contributed by atoms with van der Waals surface area (Å²) < 4.78 is 0. The third-order valence-corrected chi connectivity index (χ3v) is 3.57. The molecule has 2 aliphatic heterocycles. The van der Waals surface area contributed by atoms with Gasteiger partial charge >= 0.3 is 0 Å². The molecule has 2 heterocycles. The minimum Gasteiger partial charge on any atom is -0.314 e. The third-order valence-electron chi connectivity index (χ3n) is 3.57. The topological polar surface area (TPSA) is 44.8 Å². The van der Waals surface area contributed by atoms with Crippen LogP contribution >= 0.6 is 0 Å². The van der Waals surface area contributed by atoms with Gasteiger partial charge in [0.25, 0.3) is 0 Å². The summed E-state index contributed by atoms with van der Waals surface area (Å²) in [4.78, 5) is 19.5. The molecule has 2 saturated heterocycles. The summed E-state index contributed by atoms with van der Waals surface area (Å²) in [5.41, 5.74) is 0.383. The molecule has 0 aromatic carbocycles. The Kier molecular flexibility index (Phi) is 4.63. The van der Waals surface area contributed by atoms with Crippen molar-refractivity contribution in [3.63, 3.8) is 0 Å². The van der Waals surface area contributed by atoms with Crippen molar-refractivity contribution in [2.24, 2.45) is 0 Å². The van der Waals surface area contributed by atoms with Gasteiger partial charge in [-0.1, -0.05) is 0 Å².